The van der Waals surface area contributed by atoms with Crippen LogP contribution in [0.2, 0.25) is 0 Å². The highest BCUT2D eigenvalue weighted by Crippen LogP contribution is 2.34. The Morgan fingerprint density at radius 3 is 2.71 bits per heavy atom. The molecule has 2 aromatic heterocycles. The van der Waals surface area contributed by atoms with E-state index in [4.69, 9.17) is 9.47 Å². The molecule has 9 heteroatoms. The van der Waals surface area contributed by atoms with Gasteiger partial charge in [-0.05, 0) is 44.9 Å². The number of hydrogen-bond acceptors (Lipinski definition) is 8. The molecule has 3 heterocycles. The van der Waals surface area contributed by atoms with E-state index in [-0.39, 0.29) is 12.2 Å². The number of carbonyl (C=O) groups is 1. The first-order valence-electron chi connectivity index (χ1n) is 11.6. The molecule has 2 aliphatic rings. The molecule has 34 heavy (non-hydrogen) atoms. The van der Waals surface area contributed by atoms with Gasteiger partial charge >= 0.3 is 6.09 Å². The van der Waals surface area contributed by atoms with Crippen LogP contribution in [0.25, 0.3) is 15.8 Å². The molecular formula is C25H29N5O3S. The minimum atomic E-state index is -0.504. The number of nitrogens with zero attached hydrogens (tertiary/aromatic N) is 4. The Labute approximate surface area is 203 Å². The summed E-state index contributed by atoms with van der Waals surface area (Å²) >= 11 is 1.68. The Balaban J connectivity index is 1.17. The SMILES string of the molecule is CC(C)(C)OC(=O)N1CC=C(c2nccnc2O[C@H]2C[C@@H](Nc3nc4ccccc4s3)C2)CC1. The number of anilines is 1. The van der Waals surface area contributed by atoms with Crippen LogP contribution in [-0.4, -0.2) is 56.8 Å². The summed E-state index contributed by atoms with van der Waals surface area (Å²) in [6.07, 6.45) is 7.61. The van der Waals surface area contributed by atoms with Gasteiger partial charge in [0.15, 0.2) is 5.13 Å². The Bertz CT molecular complexity index is 1180. The molecule has 0 radical (unpaired) electrons. The molecule has 0 atom stereocenters. The smallest absolute Gasteiger partial charge is 0.410 e. The number of aromatic nitrogens is 3. The predicted molar refractivity (Wildman–Crippen MR) is 133 cm³/mol. The molecule has 0 spiro atoms. The highest BCUT2D eigenvalue weighted by Gasteiger charge is 2.33. The van der Waals surface area contributed by atoms with E-state index in [0.717, 1.165) is 34.8 Å². The largest absolute Gasteiger partial charge is 0.473 e. The fraction of sp³-hybridized carbons (Fsp3) is 0.440. The Kier molecular flexibility index (Phi) is 6.12. The van der Waals surface area contributed by atoms with Crippen molar-refractivity contribution in [2.75, 3.05) is 18.4 Å². The van der Waals surface area contributed by atoms with E-state index < -0.39 is 5.60 Å². The normalized spacial score (nSPS) is 20.4. The number of hydrogen-bond donors (Lipinski definition) is 1. The van der Waals surface area contributed by atoms with Gasteiger partial charge in [-0.2, -0.15) is 0 Å². The second kappa shape index (κ2) is 9.21. The van der Waals surface area contributed by atoms with E-state index in [1.54, 1.807) is 28.6 Å². The summed E-state index contributed by atoms with van der Waals surface area (Å²) in [5.74, 6) is 0.558. The average molecular weight is 480 g/mol. The summed E-state index contributed by atoms with van der Waals surface area (Å²) in [6.45, 7) is 6.68. The van der Waals surface area contributed by atoms with E-state index >= 15 is 0 Å². The molecule has 0 unspecified atom stereocenters. The number of nitrogens with one attached hydrogen (secondary N) is 1. The lowest BCUT2D eigenvalue weighted by Gasteiger charge is -2.35. The molecule has 0 saturated heterocycles. The van der Waals surface area contributed by atoms with Crippen molar-refractivity contribution in [1.82, 2.24) is 19.9 Å². The molecule has 0 bridgehead atoms. The standard InChI is InChI=1S/C25H29N5O3S/c1-25(2,3)33-24(31)30-12-8-16(9-13-30)21-22(27-11-10-26-21)32-18-14-17(15-18)28-23-29-19-6-4-5-7-20(19)34-23/h4-8,10-11,17-18H,9,12-15H2,1-3H3,(H,28,29)/t17-,18+. The molecule has 5 rings (SSSR count). The molecule has 8 nitrogen and oxygen atoms in total. The first-order chi connectivity index (χ1) is 16.3. The number of benzene rings is 1. The summed E-state index contributed by atoms with van der Waals surface area (Å²) in [6, 6.07) is 8.50. The first kappa shape index (κ1) is 22.6. The molecule has 178 valence electrons. The summed E-state index contributed by atoms with van der Waals surface area (Å²) in [5.41, 5.74) is 2.33. The van der Waals surface area contributed by atoms with Gasteiger partial charge in [0, 0.05) is 44.4 Å². The molecule has 1 N–H and O–H groups in total. The number of rotatable bonds is 5. The van der Waals surface area contributed by atoms with E-state index in [2.05, 4.69) is 26.3 Å². The highest BCUT2D eigenvalue weighted by atomic mass is 32.1. The van der Waals surface area contributed by atoms with E-state index in [1.165, 1.54) is 4.70 Å². The molecule has 1 saturated carbocycles. The van der Waals surface area contributed by atoms with Crippen molar-refractivity contribution in [3.8, 4) is 5.88 Å². The van der Waals surface area contributed by atoms with Crippen LogP contribution < -0.4 is 10.1 Å². The minimum Gasteiger partial charge on any atom is -0.473 e. The summed E-state index contributed by atoms with van der Waals surface area (Å²) in [7, 11) is 0. The van der Waals surface area contributed by atoms with Crippen LogP contribution in [0.5, 0.6) is 5.88 Å². The molecular weight excluding hydrogens is 450 g/mol. The second-order valence-electron chi connectivity index (χ2n) is 9.66. The van der Waals surface area contributed by atoms with Gasteiger partial charge in [0.1, 0.15) is 17.4 Å². The molecule has 1 aliphatic carbocycles. The van der Waals surface area contributed by atoms with Gasteiger partial charge in [0.2, 0.25) is 5.88 Å². The summed E-state index contributed by atoms with van der Waals surface area (Å²) in [4.78, 5) is 27.7. The van der Waals surface area contributed by atoms with Crippen LogP contribution in [0.15, 0.2) is 42.7 Å². The molecule has 1 fully saturated rings. The van der Waals surface area contributed by atoms with Crippen LogP contribution >= 0.6 is 11.3 Å². The molecule has 1 aliphatic heterocycles. The number of para-hydroxylation sites is 1. The zero-order valence-corrected chi connectivity index (χ0v) is 20.5. The number of thiazole rings is 1. The van der Waals surface area contributed by atoms with Crippen LogP contribution in [0, 0.1) is 0 Å². The molecule has 1 amide bonds. The zero-order chi connectivity index (χ0) is 23.7. The third-order valence-corrected chi connectivity index (χ3v) is 6.79. The molecule has 1 aromatic carbocycles. The minimum absolute atomic E-state index is 0.0878. The van der Waals surface area contributed by atoms with Crippen molar-refractivity contribution >= 4 is 38.4 Å². The lowest BCUT2D eigenvalue weighted by molar-refractivity contribution is 0.0270. The lowest BCUT2D eigenvalue weighted by atomic mass is 9.89. The fourth-order valence-electron chi connectivity index (χ4n) is 4.05. The third-order valence-electron chi connectivity index (χ3n) is 5.82. The molecule has 3 aromatic rings. The second-order valence-corrected chi connectivity index (χ2v) is 10.7. The predicted octanol–water partition coefficient (Wildman–Crippen LogP) is 5.13. The van der Waals surface area contributed by atoms with Crippen LogP contribution in [-0.2, 0) is 4.74 Å². The van der Waals surface area contributed by atoms with Crippen molar-refractivity contribution in [2.45, 2.75) is 57.8 Å². The Morgan fingerprint density at radius 2 is 1.97 bits per heavy atom. The topological polar surface area (TPSA) is 89.5 Å². The van der Waals surface area contributed by atoms with Crippen molar-refractivity contribution in [2.24, 2.45) is 0 Å². The number of carbonyl (C=O) groups excluding carboxylic acids is 1. The Hall–Kier alpha value is -3.20. The van der Waals surface area contributed by atoms with Gasteiger partial charge in [-0.25, -0.2) is 19.7 Å². The van der Waals surface area contributed by atoms with Gasteiger partial charge in [0.25, 0.3) is 0 Å². The maximum absolute atomic E-state index is 12.3. The van der Waals surface area contributed by atoms with Crippen molar-refractivity contribution in [3.63, 3.8) is 0 Å². The van der Waals surface area contributed by atoms with E-state index in [1.807, 2.05) is 45.0 Å². The number of ether oxygens (including phenoxy) is 2. The van der Waals surface area contributed by atoms with Gasteiger partial charge in [0.05, 0.1) is 10.2 Å². The summed E-state index contributed by atoms with van der Waals surface area (Å²) in [5, 5.41) is 4.47. The summed E-state index contributed by atoms with van der Waals surface area (Å²) < 4.78 is 12.9. The van der Waals surface area contributed by atoms with Crippen molar-refractivity contribution < 1.29 is 14.3 Å². The maximum Gasteiger partial charge on any atom is 0.410 e. The van der Waals surface area contributed by atoms with Crippen LogP contribution in [0.4, 0.5) is 9.93 Å². The van der Waals surface area contributed by atoms with Gasteiger partial charge in [-0.15, -0.1) is 0 Å². The number of amides is 1. The fourth-order valence-corrected chi connectivity index (χ4v) is 5.00. The lowest BCUT2D eigenvalue weighted by Crippen LogP contribution is -2.42. The Morgan fingerprint density at radius 1 is 1.18 bits per heavy atom. The van der Waals surface area contributed by atoms with Crippen molar-refractivity contribution in [3.05, 3.63) is 48.4 Å². The van der Waals surface area contributed by atoms with Crippen molar-refractivity contribution in [1.29, 1.82) is 0 Å². The van der Waals surface area contributed by atoms with Crippen LogP contribution in [0.1, 0.15) is 45.7 Å². The average Bonchev–Trinajstić information content (AvgIpc) is 3.19. The quantitative estimate of drug-likeness (QED) is 0.542. The monoisotopic (exact) mass is 479 g/mol. The van der Waals surface area contributed by atoms with Gasteiger partial charge < -0.3 is 19.7 Å². The first-order valence-corrected chi connectivity index (χ1v) is 12.4. The van der Waals surface area contributed by atoms with Crippen LogP contribution in [0.3, 0.4) is 0 Å². The third kappa shape index (κ3) is 5.14. The highest BCUT2D eigenvalue weighted by molar-refractivity contribution is 7.22. The number of fused-ring (bicyclic) bond motifs is 1. The zero-order valence-electron chi connectivity index (χ0n) is 19.7. The van der Waals surface area contributed by atoms with E-state index in [9.17, 15) is 4.79 Å². The van der Waals surface area contributed by atoms with Gasteiger partial charge in [-0.3, -0.25) is 0 Å². The van der Waals surface area contributed by atoms with E-state index in [0.29, 0.717) is 31.4 Å². The maximum atomic E-state index is 12.3. The van der Waals surface area contributed by atoms with Gasteiger partial charge in [-0.1, -0.05) is 29.5 Å².